The summed E-state index contributed by atoms with van der Waals surface area (Å²) in [6.07, 6.45) is 7.70. The normalized spacial score (nSPS) is 9.09. The number of rotatable bonds is 3. The van der Waals surface area contributed by atoms with E-state index < -0.39 is 0 Å². The van der Waals surface area contributed by atoms with E-state index in [1.807, 2.05) is 6.92 Å². The van der Waals surface area contributed by atoms with E-state index in [0.29, 0.717) is 5.88 Å². The number of nitrogens with zero attached hydrogens (tertiary/aromatic N) is 2. The number of ether oxygens (including phenoxy) is 1. The van der Waals surface area contributed by atoms with Crippen molar-refractivity contribution in [2.45, 2.75) is 13.5 Å². The smallest absolute Gasteiger partial charge is 0.213 e. The van der Waals surface area contributed by atoms with Crippen molar-refractivity contribution in [1.82, 2.24) is 9.78 Å². The zero-order valence-electron chi connectivity index (χ0n) is 6.37. The van der Waals surface area contributed by atoms with Crippen molar-refractivity contribution in [1.29, 1.82) is 0 Å². The van der Waals surface area contributed by atoms with E-state index in [-0.39, 0.29) is 6.61 Å². The average molecular weight is 149 g/mol. The van der Waals surface area contributed by atoms with E-state index in [2.05, 4.69) is 17.2 Å². The molecule has 0 aliphatic rings. The first-order valence-corrected chi connectivity index (χ1v) is 3.38. The molecule has 0 aliphatic carbocycles. The molecule has 0 amide bonds. The fourth-order valence-electron chi connectivity index (χ4n) is 0.736. The van der Waals surface area contributed by atoms with Crippen molar-refractivity contribution < 1.29 is 4.74 Å². The van der Waals surface area contributed by atoms with Gasteiger partial charge in [0, 0.05) is 12.6 Å². The Kier molecular flexibility index (Phi) is 2.56. The molecule has 1 aromatic heterocycles. The molecule has 0 saturated carbocycles. The van der Waals surface area contributed by atoms with Crippen LogP contribution in [0.25, 0.3) is 0 Å². The maximum atomic E-state index is 5.15. The van der Waals surface area contributed by atoms with Crippen molar-refractivity contribution in [2.24, 2.45) is 0 Å². The molecule has 3 heteroatoms. The summed E-state index contributed by atoms with van der Waals surface area (Å²) in [5.41, 5.74) is 0. The van der Waals surface area contributed by atoms with Gasteiger partial charge in [-0.3, -0.25) is 0 Å². The molecule has 0 aromatic carbocycles. The van der Waals surface area contributed by atoms with Crippen LogP contribution in [0, 0.1) is 18.5 Å². The summed E-state index contributed by atoms with van der Waals surface area (Å²) in [5, 5.41) is 3.89. The molecule has 1 heterocycles. The molecule has 0 spiro atoms. The van der Waals surface area contributed by atoms with Crippen molar-refractivity contribution >= 4 is 0 Å². The van der Waals surface area contributed by atoms with Gasteiger partial charge >= 0.3 is 0 Å². The van der Waals surface area contributed by atoms with Gasteiger partial charge in [0.2, 0.25) is 5.88 Å². The Hall–Kier alpha value is -1.43. The van der Waals surface area contributed by atoms with Crippen LogP contribution in [-0.2, 0) is 6.54 Å². The summed E-state index contributed by atoms with van der Waals surface area (Å²) in [7, 11) is 0. The third kappa shape index (κ3) is 1.74. The minimum atomic E-state index is 0.277. The zero-order valence-corrected chi connectivity index (χ0v) is 6.37. The van der Waals surface area contributed by atoms with E-state index in [0.717, 1.165) is 6.54 Å². The molecule has 0 fully saturated rings. The molecule has 0 unspecified atom stereocenters. The monoisotopic (exact) mass is 149 g/mol. The Morgan fingerprint density at radius 3 is 3.36 bits per heavy atom. The van der Waals surface area contributed by atoms with Crippen LogP contribution in [0.2, 0.25) is 0 Å². The van der Waals surface area contributed by atoms with Crippen molar-refractivity contribution in [3.8, 4) is 18.2 Å². The van der Waals surface area contributed by atoms with Gasteiger partial charge in [-0.05, 0) is 6.92 Å². The lowest BCUT2D eigenvalue weighted by atomic mass is 10.6. The van der Waals surface area contributed by atoms with Gasteiger partial charge in [0.25, 0.3) is 0 Å². The number of aryl methyl sites for hydroxylation is 1. The van der Waals surface area contributed by atoms with Gasteiger partial charge in [0.15, 0.2) is 6.61 Å². The average Bonchev–Trinajstić information content (AvgIpc) is 2.47. The Morgan fingerprint density at radius 2 is 2.73 bits per heavy atom. The van der Waals surface area contributed by atoms with Crippen LogP contribution in [-0.4, -0.2) is 16.4 Å². The largest absolute Gasteiger partial charge is 0.465 e. The van der Waals surface area contributed by atoms with E-state index >= 15 is 0 Å². The molecular formula is C8H9N2O. The van der Waals surface area contributed by atoms with Crippen LogP contribution in [0.4, 0.5) is 0 Å². The Bertz CT molecular complexity index is 259. The SMILES string of the molecule is C#CCOc1c[c]nn1CC. The predicted octanol–water partition coefficient (Wildman–Crippen LogP) is 0.715. The lowest BCUT2D eigenvalue weighted by Crippen LogP contribution is -2.02. The fraction of sp³-hybridized carbons (Fsp3) is 0.375. The molecule has 1 aromatic rings. The Morgan fingerprint density at radius 1 is 1.91 bits per heavy atom. The topological polar surface area (TPSA) is 27.1 Å². The van der Waals surface area contributed by atoms with E-state index in [1.54, 1.807) is 10.7 Å². The van der Waals surface area contributed by atoms with Crippen LogP contribution >= 0.6 is 0 Å². The maximum absolute atomic E-state index is 5.15. The number of terminal acetylenes is 1. The van der Waals surface area contributed by atoms with Gasteiger partial charge in [-0.2, -0.15) is 5.10 Å². The molecule has 1 radical (unpaired) electrons. The van der Waals surface area contributed by atoms with Gasteiger partial charge in [0.05, 0.1) is 0 Å². The molecule has 0 aliphatic heterocycles. The molecule has 1 rings (SSSR count). The number of hydrogen-bond acceptors (Lipinski definition) is 2. The lowest BCUT2D eigenvalue weighted by molar-refractivity contribution is 0.328. The first kappa shape index (κ1) is 7.67. The first-order chi connectivity index (χ1) is 5.38. The van der Waals surface area contributed by atoms with Gasteiger partial charge in [-0.15, -0.1) is 6.42 Å². The van der Waals surface area contributed by atoms with Gasteiger partial charge in [-0.1, -0.05) is 5.92 Å². The highest BCUT2D eigenvalue weighted by atomic mass is 16.5. The minimum absolute atomic E-state index is 0.277. The Labute approximate surface area is 66.0 Å². The zero-order chi connectivity index (χ0) is 8.10. The highest BCUT2D eigenvalue weighted by molar-refractivity contribution is 5.07. The van der Waals surface area contributed by atoms with Crippen LogP contribution < -0.4 is 4.74 Å². The molecule has 0 bridgehead atoms. The lowest BCUT2D eigenvalue weighted by Gasteiger charge is -2.02. The molecule has 0 N–H and O–H groups in total. The predicted molar refractivity (Wildman–Crippen MR) is 41.1 cm³/mol. The second-order valence-electron chi connectivity index (χ2n) is 1.92. The quantitative estimate of drug-likeness (QED) is 0.592. The van der Waals surface area contributed by atoms with E-state index in [4.69, 9.17) is 11.2 Å². The van der Waals surface area contributed by atoms with E-state index in [1.165, 1.54) is 0 Å². The van der Waals surface area contributed by atoms with Crippen LogP contribution in [0.3, 0.4) is 0 Å². The molecule has 57 valence electrons. The highest BCUT2D eigenvalue weighted by Gasteiger charge is 1.98. The molecular weight excluding hydrogens is 140 g/mol. The van der Waals surface area contributed by atoms with Crippen LogP contribution in [0.1, 0.15) is 6.92 Å². The summed E-state index contributed by atoms with van der Waals surface area (Å²) in [4.78, 5) is 0. The van der Waals surface area contributed by atoms with Gasteiger partial charge in [0.1, 0.15) is 6.20 Å². The van der Waals surface area contributed by atoms with Gasteiger partial charge in [-0.25, -0.2) is 4.68 Å². The second-order valence-corrected chi connectivity index (χ2v) is 1.92. The second kappa shape index (κ2) is 3.67. The standard InChI is InChI=1S/C8H9N2O/c1-3-7-11-8-5-6-9-10(8)4-2/h1,5H,4,7H2,2H3. The van der Waals surface area contributed by atoms with Crippen molar-refractivity contribution in [3.63, 3.8) is 0 Å². The highest BCUT2D eigenvalue weighted by Crippen LogP contribution is 2.07. The maximum Gasteiger partial charge on any atom is 0.213 e. The summed E-state index contributed by atoms with van der Waals surface area (Å²) in [5.74, 6) is 3.05. The van der Waals surface area contributed by atoms with Crippen LogP contribution in [0.5, 0.6) is 5.88 Å². The number of aromatic nitrogens is 2. The first-order valence-electron chi connectivity index (χ1n) is 3.38. The number of hydrogen-bond donors (Lipinski definition) is 0. The van der Waals surface area contributed by atoms with E-state index in [9.17, 15) is 0 Å². The summed E-state index contributed by atoms with van der Waals surface area (Å²) >= 11 is 0. The third-order valence-electron chi connectivity index (χ3n) is 1.22. The minimum Gasteiger partial charge on any atom is -0.465 e. The molecule has 0 saturated heterocycles. The molecule has 3 nitrogen and oxygen atoms in total. The third-order valence-corrected chi connectivity index (χ3v) is 1.22. The molecule has 11 heavy (non-hydrogen) atoms. The Balaban J connectivity index is 2.62. The van der Waals surface area contributed by atoms with Gasteiger partial charge < -0.3 is 4.74 Å². The summed E-state index contributed by atoms with van der Waals surface area (Å²) in [6, 6.07) is 1.67. The van der Waals surface area contributed by atoms with Crippen LogP contribution in [0.15, 0.2) is 6.07 Å². The summed E-state index contributed by atoms with van der Waals surface area (Å²) < 4.78 is 6.84. The van der Waals surface area contributed by atoms with Crippen molar-refractivity contribution in [3.05, 3.63) is 12.3 Å². The summed E-state index contributed by atoms with van der Waals surface area (Å²) in [6.45, 7) is 3.02. The van der Waals surface area contributed by atoms with Crippen molar-refractivity contribution in [2.75, 3.05) is 6.61 Å². The molecule has 0 atom stereocenters. The fourth-order valence-corrected chi connectivity index (χ4v) is 0.736.